The number of aliphatic hydroxyl groups excluding tert-OH is 1. The Labute approximate surface area is 120 Å². The van der Waals surface area contributed by atoms with Crippen LogP contribution in [0, 0.1) is 5.92 Å². The van der Waals surface area contributed by atoms with E-state index in [4.69, 9.17) is 9.84 Å². The zero-order chi connectivity index (χ0) is 14.8. The van der Waals surface area contributed by atoms with Gasteiger partial charge in [-0.25, -0.2) is 0 Å². The molecule has 116 valence electrons. The predicted molar refractivity (Wildman–Crippen MR) is 75.1 cm³/mol. The summed E-state index contributed by atoms with van der Waals surface area (Å²) in [6, 6.07) is 0. The van der Waals surface area contributed by atoms with Crippen LogP contribution in [0.1, 0.15) is 32.1 Å². The van der Waals surface area contributed by atoms with Crippen molar-refractivity contribution in [2.45, 2.75) is 32.1 Å². The molecule has 2 amide bonds. The second-order valence-electron chi connectivity index (χ2n) is 5.12. The summed E-state index contributed by atoms with van der Waals surface area (Å²) in [5.41, 5.74) is 0. The maximum atomic E-state index is 11.9. The van der Waals surface area contributed by atoms with Gasteiger partial charge >= 0.3 is 0 Å². The fourth-order valence-electron chi connectivity index (χ4n) is 2.47. The molecule has 0 aromatic carbocycles. The van der Waals surface area contributed by atoms with Crippen LogP contribution in [0.15, 0.2) is 0 Å². The molecule has 0 aromatic rings. The topological polar surface area (TPSA) is 78.9 Å². The van der Waals surface area contributed by atoms with E-state index >= 15 is 0 Å². The van der Waals surface area contributed by atoms with E-state index in [0.29, 0.717) is 26.2 Å². The summed E-state index contributed by atoms with van der Waals surface area (Å²) < 4.78 is 4.93. The lowest BCUT2D eigenvalue weighted by Crippen LogP contribution is -2.39. The monoisotopic (exact) mass is 286 g/mol. The predicted octanol–water partition coefficient (Wildman–Crippen LogP) is 0.150. The second-order valence-corrected chi connectivity index (χ2v) is 5.12. The Kier molecular flexibility index (Phi) is 8.22. The molecule has 0 bridgehead atoms. The molecule has 1 aliphatic carbocycles. The van der Waals surface area contributed by atoms with E-state index in [-0.39, 0.29) is 30.8 Å². The van der Waals surface area contributed by atoms with E-state index in [0.717, 1.165) is 25.7 Å². The lowest BCUT2D eigenvalue weighted by atomic mass is 10.1. The first-order valence-corrected chi connectivity index (χ1v) is 7.34. The summed E-state index contributed by atoms with van der Waals surface area (Å²) in [5.74, 6) is 0.135. The SMILES string of the molecule is COCCN(CCO)C(=O)CCNC(=O)C1CCCC1. The molecule has 0 aliphatic heterocycles. The van der Waals surface area contributed by atoms with Crippen LogP contribution >= 0.6 is 0 Å². The molecular formula is C14H26N2O4. The van der Waals surface area contributed by atoms with Gasteiger partial charge in [0.05, 0.1) is 13.2 Å². The number of rotatable bonds is 9. The molecule has 1 rings (SSSR count). The van der Waals surface area contributed by atoms with Crippen LogP contribution in [-0.4, -0.2) is 61.8 Å². The number of hydrogen-bond acceptors (Lipinski definition) is 4. The molecule has 6 nitrogen and oxygen atoms in total. The van der Waals surface area contributed by atoms with Crippen LogP contribution in [0.25, 0.3) is 0 Å². The molecule has 0 atom stereocenters. The fourth-order valence-corrected chi connectivity index (χ4v) is 2.47. The summed E-state index contributed by atoms with van der Waals surface area (Å²) in [6.07, 6.45) is 4.44. The first kappa shape index (κ1) is 16.9. The van der Waals surface area contributed by atoms with Crippen molar-refractivity contribution in [3.63, 3.8) is 0 Å². The Morgan fingerprint density at radius 2 is 2.00 bits per heavy atom. The van der Waals surface area contributed by atoms with Gasteiger partial charge in [0.15, 0.2) is 0 Å². The van der Waals surface area contributed by atoms with Crippen molar-refractivity contribution in [2.75, 3.05) is 40.0 Å². The Hall–Kier alpha value is -1.14. The third kappa shape index (κ3) is 5.88. The van der Waals surface area contributed by atoms with Crippen molar-refractivity contribution >= 4 is 11.8 Å². The highest BCUT2D eigenvalue weighted by Gasteiger charge is 2.22. The lowest BCUT2D eigenvalue weighted by molar-refractivity contribution is -0.132. The van der Waals surface area contributed by atoms with E-state index in [1.165, 1.54) is 0 Å². The summed E-state index contributed by atoms with van der Waals surface area (Å²) in [7, 11) is 1.57. The second kappa shape index (κ2) is 9.72. The van der Waals surface area contributed by atoms with Crippen LogP contribution < -0.4 is 5.32 Å². The number of ether oxygens (including phenoxy) is 1. The summed E-state index contributed by atoms with van der Waals surface area (Å²) in [5, 5.41) is 11.8. The minimum atomic E-state index is -0.0668. The van der Waals surface area contributed by atoms with E-state index in [9.17, 15) is 9.59 Å². The van der Waals surface area contributed by atoms with E-state index in [2.05, 4.69) is 5.32 Å². The van der Waals surface area contributed by atoms with Gasteiger partial charge in [0.1, 0.15) is 0 Å². The number of carbonyl (C=O) groups excluding carboxylic acids is 2. The van der Waals surface area contributed by atoms with Crippen LogP contribution in [0.2, 0.25) is 0 Å². The minimum Gasteiger partial charge on any atom is -0.395 e. The van der Waals surface area contributed by atoms with Crippen LogP contribution in [0.3, 0.4) is 0 Å². The molecule has 0 spiro atoms. The van der Waals surface area contributed by atoms with Crippen molar-refractivity contribution in [2.24, 2.45) is 5.92 Å². The number of carbonyl (C=O) groups is 2. The highest BCUT2D eigenvalue weighted by atomic mass is 16.5. The third-order valence-corrected chi connectivity index (χ3v) is 3.65. The molecule has 20 heavy (non-hydrogen) atoms. The van der Waals surface area contributed by atoms with Crippen molar-refractivity contribution in [3.8, 4) is 0 Å². The first-order valence-electron chi connectivity index (χ1n) is 7.34. The number of methoxy groups -OCH3 is 1. The largest absolute Gasteiger partial charge is 0.395 e. The molecule has 0 saturated heterocycles. The zero-order valence-electron chi connectivity index (χ0n) is 12.3. The van der Waals surface area contributed by atoms with Gasteiger partial charge in [-0.2, -0.15) is 0 Å². The zero-order valence-corrected chi connectivity index (χ0v) is 12.3. The van der Waals surface area contributed by atoms with Gasteiger partial charge in [0.25, 0.3) is 0 Å². The first-order chi connectivity index (χ1) is 9.69. The molecule has 6 heteroatoms. The highest BCUT2D eigenvalue weighted by Crippen LogP contribution is 2.24. The Balaban J connectivity index is 2.23. The summed E-state index contributed by atoms with van der Waals surface area (Å²) in [6.45, 7) is 1.51. The number of nitrogens with zero attached hydrogens (tertiary/aromatic N) is 1. The molecule has 0 unspecified atom stereocenters. The van der Waals surface area contributed by atoms with Crippen LogP contribution in [0.5, 0.6) is 0 Å². The van der Waals surface area contributed by atoms with E-state index < -0.39 is 0 Å². The molecule has 1 fully saturated rings. The molecule has 0 heterocycles. The highest BCUT2D eigenvalue weighted by molar-refractivity contribution is 5.80. The molecule has 0 aromatic heterocycles. The Bertz CT molecular complexity index is 304. The number of nitrogens with one attached hydrogen (secondary N) is 1. The maximum absolute atomic E-state index is 11.9. The fraction of sp³-hybridized carbons (Fsp3) is 0.857. The Morgan fingerprint density at radius 3 is 2.60 bits per heavy atom. The van der Waals surface area contributed by atoms with Gasteiger partial charge in [-0.15, -0.1) is 0 Å². The van der Waals surface area contributed by atoms with Crippen molar-refractivity contribution < 1.29 is 19.4 Å². The average Bonchev–Trinajstić information content (AvgIpc) is 2.97. The molecular weight excluding hydrogens is 260 g/mol. The van der Waals surface area contributed by atoms with Gasteiger partial charge in [-0.1, -0.05) is 12.8 Å². The summed E-state index contributed by atoms with van der Waals surface area (Å²) >= 11 is 0. The van der Waals surface area contributed by atoms with E-state index in [1.807, 2.05) is 0 Å². The molecule has 1 aliphatic rings. The molecule has 2 N–H and O–H groups in total. The quantitative estimate of drug-likeness (QED) is 0.632. The van der Waals surface area contributed by atoms with Gasteiger partial charge in [0.2, 0.25) is 11.8 Å². The van der Waals surface area contributed by atoms with Crippen LogP contribution in [0.4, 0.5) is 0 Å². The van der Waals surface area contributed by atoms with Gasteiger partial charge < -0.3 is 20.1 Å². The number of amides is 2. The van der Waals surface area contributed by atoms with Gasteiger partial charge in [-0.3, -0.25) is 9.59 Å². The third-order valence-electron chi connectivity index (χ3n) is 3.65. The van der Waals surface area contributed by atoms with Crippen molar-refractivity contribution in [1.29, 1.82) is 0 Å². The smallest absolute Gasteiger partial charge is 0.224 e. The Morgan fingerprint density at radius 1 is 1.30 bits per heavy atom. The number of hydrogen-bond donors (Lipinski definition) is 2. The van der Waals surface area contributed by atoms with Crippen molar-refractivity contribution in [3.05, 3.63) is 0 Å². The molecule has 1 saturated carbocycles. The van der Waals surface area contributed by atoms with Crippen LogP contribution in [-0.2, 0) is 14.3 Å². The number of aliphatic hydroxyl groups is 1. The maximum Gasteiger partial charge on any atom is 0.224 e. The molecule has 0 radical (unpaired) electrons. The summed E-state index contributed by atoms with van der Waals surface area (Å²) in [4.78, 5) is 25.3. The van der Waals surface area contributed by atoms with E-state index in [1.54, 1.807) is 12.0 Å². The lowest BCUT2D eigenvalue weighted by Gasteiger charge is -2.21. The van der Waals surface area contributed by atoms with Crippen molar-refractivity contribution in [1.82, 2.24) is 10.2 Å². The standard InChI is InChI=1S/C14H26N2O4/c1-20-11-9-16(8-10-17)13(18)6-7-15-14(19)12-4-2-3-5-12/h12,17H,2-11H2,1H3,(H,15,19). The normalized spacial score (nSPS) is 15.3. The van der Waals surface area contributed by atoms with Gasteiger partial charge in [0, 0.05) is 39.1 Å². The van der Waals surface area contributed by atoms with Gasteiger partial charge in [-0.05, 0) is 12.8 Å². The average molecular weight is 286 g/mol. The minimum absolute atomic E-state index is 0.0656.